The molecule has 142 valence electrons. The number of carbonyl (C=O) groups is 3. The Morgan fingerprint density at radius 2 is 1.93 bits per heavy atom. The van der Waals surface area contributed by atoms with Gasteiger partial charge in [0.1, 0.15) is 0 Å². The molecule has 0 bridgehead atoms. The average Bonchev–Trinajstić information content (AvgIpc) is 3.30. The van der Waals surface area contributed by atoms with Crippen LogP contribution in [-0.2, 0) is 22.4 Å². The Hall–Kier alpha value is -3.61. The SMILES string of the molecule is CC(=O)N1CCc2cc(C(=O)NNC(=O)Cc3c[nH]c4ccccc34)ccc21. The van der Waals surface area contributed by atoms with E-state index in [0.717, 1.165) is 27.7 Å². The molecule has 3 amide bonds. The van der Waals surface area contributed by atoms with E-state index in [2.05, 4.69) is 15.8 Å². The molecule has 3 aromatic rings. The molecule has 1 aliphatic rings. The van der Waals surface area contributed by atoms with Crippen LogP contribution in [0.2, 0.25) is 0 Å². The maximum Gasteiger partial charge on any atom is 0.269 e. The van der Waals surface area contributed by atoms with Crippen molar-refractivity contribution in [2.45, 2.75) is 19.8 Å². The molecule has 0 atom stereocenters. The van der Waals surface area contributed by atoms with Crippen molar-refractivity contribution in [2.75, 3.05) is 11.4 Å². The largest absolute Gasteiger partial charge is 0.361 e. The van der Waals surface area contributed by atoms with Gasteiger partial charge in [-0.15, -0.1) is 0 Å². The number of nitrogens with zero attached hydrogens (tertiary/aromatic N) is 1. The fourth-order valence-electron chi connectivity index (χ4n) is 3.56. The van der Waals surface area contributed by atoms with Crippen molar-refractivity contribution in [3.8, 4) is 0 Å². The van der Waals surface area contributed by atoms with Crippen LogP contribution < -0.4 is 15.8 Å². The van der Waals surface area contributed by atoms with Crippen LogP contribution in [-0.4, -0.2) is 29.3 Å². The van der Waals surface area contributed by atoms with Crippen LogP contribution in [0.5, 0.6) is 0 Å². The highest BCUT2D eigenvalue weighted by molar-refractivity contribution is 5.98. The molecule has 3 N–H and O–H groups in total. The molecule has 4 rings (SSSR count). The van der Waals surface area contributed by atoms with Crippen LogP contribution in [0.1, 0.15) is 28.4 Å². The number of hydrazine groups is 1. The zero-order valence-electron chi connectivity index (χ0n) is 15.4. The van der Waals surface area contributed by atoms with E-state index in [-0.39, 0.29) is 18.2 Å². The Morgan fingerprint density at radius 3 is 2.75 bits per heavy atom. The minimum Gasteiger partial charge on any atom is -0.361 e. The topological polar surface area (TPSA) is 94.3 Å². The number of anilines is 1. The third-order valence-electron chi connectivity index (χ3n) is 4.96. The first kappa shape index (κ1) is 17.8. The zero-order chi connectivity index (χ0) is 19.7. The maximum atomic E-state index is 12.4. The molecule has 0 fully saturated rings. The number of nitrogens with one attached hydrogen (secondary N) is 3. The van der Waals surface area contributed by atoms with Gasteiger partial charge >= 0.3 is 0 Å². The van der Waals surface area contributed by atoms with Crippen LogP contribution in [0.15, 0.2) is 48.7 Å². The third-order valence-corrected chi connectivity index (χ3v) is 4.96. The number of carbonyl (C=O) groups excluding carboxylic acids is 3. The molecule has 0 saturated carbocycles. The third kappa shape index (κ3) is 3.34. The Balaban J connectivity index is 1.38. The fourth-order valence-corrected chi connectivity index (χ4v) is 3.56. The van der Waals surface area contributed by atoms with E-state index in [4.69, 9.17) is 0 Å². The maximum absolute atomic E-state index is 12.4. The van der Waals surface area contributed by atoms with Gasteiger partial charge in [-0.25, -0.2) is 0 Å². The number of para-hydroxylation sites is 1. The standard InChI is InChI=1S/C21H20N4O3/c1-13(26)25-9-8-14-10-15(6-7-19(14)25)21(28)24-23-20(27)11-16-12-22-18-5-3-2-4-17(16)18/h2-7,10,12,22H,8-9,11H2,1H3,(H,23,27)(H,24,28). The average molecular weight is 376 g/mol. The first-order valence-electron chi connectivity index (χ1n) is 9.08. The number of aromatic amines is 1. The van der Waals surface area contributed by atoms with Gasteiger partial charge in [0.2, 0.25) is 11.8 Å². The summed E-state index contributed by atoms with van der Waals surface area (Å²) in [5.74, 6) is -0.709. The number of fused-ring (bicyclic) bond motifs is 2. The zero-order valence-corrected chi connectivity index (χ0v) is 15.4. The summed E-state index contributed by atoms with van der Waals surface area (Å²) >= 11 is 0. The van der Waals surface area contributed by atoms with Crippen molar-refractivity contribution in [1.29, 1.82) is 0 Å². The van der Waals surface area contributed by atoms with E-state index in [1.54, 1.807) is 29.3 Å². The second kappa shape index (κ2) is 7.19. The van der Waals surface area contributed by atoms with Crippen LogP contribution in [0, 0.1) is 0 Å². The highest BCUT2D eigenvalue weighted by atomic mass is 16.2. The molecule has 2 heterocycles. The summed E-state index contributed by atoms with van der Waals surface area (Å²) in [6, 6.07) is 12.9. The minimum absolute atomic E-state index is 0.0134. The Labute approximate surface area is 161 Å². The fraction of sp³-hybridized carbons (Fsp3) is 0.190. The normalized spacial score (nSPS) is 12.7. The molecule has 0 aliphatic carbocycles. The van der Waals surface area contributed by atoms with E-state index in [1.807, 2.05) is 24.3 Å². The van der Waals surface area contributed by atoms with Crippen molar-refractivity contribution >= 4 is 34.3 Å². The summed E-state index contributed by atoms with van der Waals surface area (Å²) in [4.78, 5) is 41.0. The van der Waals surface area contributed by atoms with Gasteiger partial charge in [-0.05, 0) is 41.8 Å². The molecule has 2 aromatic carbocycles. The second-order valence-corrected chi connectivity index (χ2v) is 6.80. The van der Waals surface area contributed by atoms with E-state index >= 15 is 0 Å². The van der Waals surface area contributed by atoms with Gasteiger partial charge in [0.15, 0.2) is 0 Å². The van der Waals surface area contributed by atoms with Gasteiger partial charge in [-0.2, -0.15) is 0 Å². The molecule has 7 heteroatoms. The van der Waals surface area contributed by atoms with Gasteiger partial charge < -0.3 is 9.88 Å². The lowest BCUT2D eigenvalue weighted by Gasteiger charge is -2.14. The Kier molecular flexibility index (Phi) is 4.57. The number of aromatic nitrogens is 1. The first-order chi connectivity index (χ1) is 13.5. The lowest BCUT2D eigenvalue weighted by atomic mass is 10.1. The van der Waals surface area contributed by atoms with Crippen LogP contribution in [0.4, 0.5) is 5.69 Å². The van der Waals surface area contributed by atoms with Crippen molar-refractivity contribution in [3.63, 3.8) is 0 Å². The summed E-state index contributed by atoms with van der Waals surface area (Å²) in [7, 11) is 0. The highest BCUT2D eigenvalue weighted by Gasteiger charge is 2.23. The van der Waals surface area contributed by atoms with Crippen LogP contribution in [0.3, 0.4) is 0 Å². The Bertz CT molecular complexity index is 1090. The predicted octanol–water partition coefficient (Wildman–Crippen LogP) is 2.08. The summed E-state index contributed by atoms with van der Waals surface area (Å²) in [6.07, 6.45) is 2.67. The van der Waals surface area contributed by atoms with Crippen molar-refractivity contribution in [2.24, 2.45) is 0 Å². The second-order valence-electron chi connectivity index (χ2n) is 6.80. The molecule has 1 aromatic heterocycles. The van der Waals surface area contributed by atoms with Crippen molar-refractivity contribution in [1.82, 2.24) is 15.8 Å². The molecule has 0 saturated heterocycles. The smallest absolute Gasteiger partial charge is 0.269 e. The van der Waals surface area contributed by atoms with Gasteiger partial charge in [-0.3, -0.25) is 25.2 Å². The first-order valence-corrected chi connectivity index (χ1v) is 9.08. The lowest BCUT2D eigenvalue weighted by molar-refractivity contribution is -0.121. The number of hydrogen-bond acceptors (Lipinski definition) is 3. The highest BCUT2D eigenvalue weighted by Crippen LogP contribution is 2.28. The summed E-state index contributed by atoms with van der Waals surface area (Å²) in [5.41, 5.74) is 8.98. The summed E-state index contributed by atoms with van der Waals surface area (Å²) < 4.78 is 0. The Morgan fingerprint density at radius 1 is 1.11 bits per heavy atom. The van der Waals surface area contributed by atoms with Gasteiger partial charge in [-0.1, -0.05) is 18.2 Å². The van der Waals surface area contributed by atoms with E-state index in [1.165, 1.54) is 6.92 Å². The molecular formula is C21H20N4O3. The number of H-pyrrole nitrogens is 1. The van der Waals surface area contributed by atoms with Crippen LogP contribution >= 0.6 is 0 Å². The molecule has 0 unspecified atom stereocenters. The lowest BCUT2D eigenvalue weighted by Crippen LogP contribution is -2.42. The van der Waals surface area contributed by atoms with Crippen molar-refractivity contribution in [3.05, 3.63) is 65.4 Å². The van der Waals surface area contributed by atoms with E-state index < -0.39 is 5.91 Å². The van der Waals surface area contributed by atoms with E-state index in [9.17, 15) is 14.4 Å². The monoisotopic (exact) mass is 376 g/mol. The summed E-state index contributed by atoms with van der Waals surface area (Å²) in [6.45, 7) is 2.15. The molecule has 0 radical (unpaired) electrons. The molecule has 28 heavy (non-hydrogen) atoms. The number of amides is 3. The minimum atomic E-state index is -0.392. The quantitative estimate of drug-likeness (QED) is 0.611. The molecule has 7 nitrogen and oxygen atoms in total. The summed E-state index contributed by atoms with van der Waals surface area (Å²) in [5, 5.41) is 0.984. The number of rotatable bonds is 3. The molecule has 0 spiro atoms. The number of hydrogen-bond donors (Lipinski definition) is 3. The molecule has 1 aliphatic heterocycles. The predicted molar refractivity (Wildman–Crippen MR) is 106 cm³/mol. The number of benzene rings is 2. The van der Waals surface area contributed by atoms with Gasteiger partial charge in [0.05, 0.1) is 6.42 Å². The van der Waals surface area contributed by atoms with E-state index in [0.29, 0.717) is 18.5 Å². The van der Waals surface area contributed by atoms with Gasteiger partial charge in [0, 0.05) is 41.8 Å². The van der Waals surface area contributed by atoms with Crippen LogP contribution in [0.25, 0.3) is 10.9 Å². The van der Waals surface area contributed by atoms with Crippen molar-refractivity contribution < 1.29 is 14.4 Å². The molecular weight excluding hydrogens is 356 g/mol. The van der Waals surface area contributed by atoms with Gasteiger partial charge in [0.25, 0.3) is 5.91 Å².